The molecule has 3 rings (SSSR count). The number of hydrogen-bond donors (Lipinski definition) is 1. The lowest BCUT2D eigenvalue weighted by atomic mass is 10.1. The molecule has 1 aromatic heterocycles. The second-order valence-corrected chi connectivity index (χ2v) is 6.57. The average Bonchev–Trinajstić information content (AvgIpc) is 2.51. The van der Waals surface area contributed by atoms with Crippen LogP contribution in [0.4, 0.5) is 5.69 Å². The molecule has 0 spiro atoms. The predicted molar refractivity (Wildman–Crippen MR) is 87.5 cm³/mol. The van der Waals surface area contributed by atoms with E-state index in [0.717, 1.165) is 0 Å². The Hall–Kier alpha value is -1.79. The third-order valence-electron chi connectivity index (χ3n) is 3.46. The number of carbonyl (C=O) groups excluding carboxylic acids is 1. The number of amides is 1. The van der Waals surface area contributed by atoms with Crippen LogP contribution in [0.1, 0.15) is 5.56 Å². The SMILES string of the molecule is Cc1cnc2n(c1=O)CC(C(=O)Nc1cccc(Cl)c1)CS2. The van der Waals surface area contributed by atoms with Crippen LogP contribution >= 0.6 is 23.4 Å². The Kier molecular flexibility index (Phi) is 4.22. The fourth-order valence-corrected chi connectivity index (χ4v) is 3.51. The first kappa shape index (κ1) is 15.1. The molecule has 0 radical (unpaired) electrons. The number of fused-ring (bicyclic) bond motifs is 1. The van der Waals surface area contributed by atoms with Crippen LogP contribution in [0, 0.1) is 12.8 Å². The molecule has 1 N–H and O–H groups in total. The highest BCUT2D eigenvalue weighted by molar-refractivity contribution is 7.99. The lowest BCUT2D eigenvalue weighted by molar-refractivity contribution is -0.119. The number of aryl methyl sites for hydroxylation is 1. The Morgan fingerprint density at radius 2 is 2.32 bits per heavy atom. The van der Waals surface area contributed by atoms with E-state index in [9.17, 15) is 9.59 Å². The number of nitrogens with zero attached hydrogens (tertiary/aromatic N) is 2. The maximum absolute atomic E-state index is 12.4. The predicted octanol–water partition coefficient (Wildman–Crippen LogP) is 2.57. The van der Waals surface area contributed by atoms with Gasteiger partial charge in [-0.05, 0) is 25.1 Å². The topological polar surface area (TPSA) is 64.0 Å². The molecular weight excluding hydrogens is 322 g/mol. The van der Waals surface area contributed by atoms with Crippen molar-refractivity contribution in [1.82, 2.24) is 9.55 Å². The number of hydrogen-bond acceptors (Lipinski definition) is 4. The molecule has 2 heterocycles. The zero-order valence-corrected chi connectivity index (χ0v) is 13.4. The van der Waals surface area contributed by atoms with Gasteiger partial charge in [0.2, 0.25) is 5.91 Å². The van der Waals surface area contributed by atoms with Crippen molar-refractivity contribution in [2.45, 2.75) is 18.6 Å². The van der Waals surface area contributed by atoms with Gasteiger partial charge in [-0.3, -0.25) is 14.2 Å². The number of halogens is 1. The first-order chi connectivity index (χ1) is 10.5. The van der Waals surface area contributed by atoms with E-state index in [2.05, 4.69) is 10.3 Å². The highest BCUT2D eigenvalue weighted by Gasteiger charge is 2.27. The van der Waals surface area contributed by atoms with E-state index in [1.807, 2.05) is 0 Å². The summed E-state index contributed by atoms with van der Waals surface area (Å²) in [6.07, 6.45) is 1.58. The summed E-state index contributed by atoms with van der Waals surface area (Å²) < 4.78 is 1.58. The molecule has 0 bridgehead atoms. The van der Waals surface area contributed by atoms with Crippen molar-refractivity contribution in [2.24, 2.45) is 5.92 Å². The second kappa shape index (κ2) is 6.14. The highest BCUT2D eigenvalue weighted by Crippen LogP contribution is 2.26. The van der Waals surface area contributed by atoms with Gasteiger partial charge in [0, 0.05) is 34.8 Å². The van der Waals surface area contributed by atoms with Crippen molar-refractivity contribution in [3.63, 3.8) is 0 Å². The van der Waals surface area contributed by atoms with Gasteiger partial charge in [-0.1, -0.05) is 29.4 Å². The molecule has 1 unspecified atom stereocenters. The van der Waals surface area contributed by atoms with Crippen molar-refractivity contribution in [1.29, 1.82) is 0 Å². The largest absolute Gasteiger partial charge is 0.326 e. The zero-order chi connectivity index (χ0) is 15.7. The van der Waals surface area contributed by atoms with Crippen LogP contribution in [-0.4, -0.2) is 21.2 Å². The fourth-order valence-electron chi connectivity index (χ4n) is 2.27. The van der Waals surface area contributed by atoms with Crippen LogP contribution in [0.25, 0.3) is 0 Å². The Morgan fingerprint density at radius 3 is 3.09 bits per heavy atom. The average molecular weight is 336 g/mol. The molecule has 7 heteroatoms. The molecule has 1 aliphatic heterocycles. The summed E-state index contributed by atoms with van der Waals surface area (Å²) in [4.78, 5) is 28.8. The van der Waals surface area contributed by atoms with Crippen LogP contribution < -0.4 is 10.9 Å². The summed E-state index contributed by atoms with van der Waals surface area (Å²) in [6.45, 7) is 2.07. The van der Waals surface area contributed by atoms with Crippen molar-refractivity contribution in [2.75, 3.05) is 11.1 Å². The molecule has 1 atom stereocenters. The third-order valence-corrected chi connectivity index (χ3v) is 4.85. The normalized spacial score (nSPS) is 16.9. The summed E-state index contributed by atoms with van der Waals surface area (Å²) in [7, 11) is 0. The Balaban J connectivity index is 1.78. The molecule has 22 heavy (non-hydrogen) atoms. The number of carbonyl (C=O) groups is 1. The summed E-state index contributed by atoms with van der Waals surface area (Å²) in [5, 5.41) is 4.08. The minimum absolute atomic E-state index is 0.0854. The quantitative estimate of drug-likeness (QED) is 0.857. The van der Waals surface area contributed by atoms with Gasteiger partial charge >= 0.3 is 0 Å². The summed E-state index contributed by atoms with van der Waals surface area (Å²) in [5.74, 6) is 0.202. The third kappa shape index (κ3) is 3.03. The number of thioether (sulfide) groups is 1. The van der Waals surface area contributed by atoms with E-state index in [1.165, 1.54) is 11.8 Å². The lowest BCUT2D eigenvalue weighted by Gasteiger charge is -2.24. The van der Waals surface area contributed by atoms with Gasteiger partial charge in [0.1, 0.15) is 0 Å². The van der Waals surface area contributed by atoms with Crippen molar-refractivity contribution in [3.05, 3.63) is 51.4 Å². The van der Waals surface area contributed by atoms with E-state index in [4.69, 9.17) is 11.6 Å². The molecule has 1 aliphatic rings. The fraction of sp³-hybridized carbons (Fsp3) is 0.267. The Bertz CT molecular complexity index is 791. The highest BCUT2D eigenvalue weighted by atomic mass is 35.5. The number of anilines is 1. The van der Waals surface area contributed by atoms with Crippen molar-refractivity contribution < 1.29 is 4.79 Å². The molecule has 0 aliphatic carbocycles. The van der Waals surface area contributed by atoms with Crippen LogP contribution in [0.2, 0.25) is 5.02 Å². The molecule has 114 valence electrons. The number of rotatable bonds is 2. The van der Waals surface area contributed by atoms with Gasteiger partial charge < -0.3 is 5.32 Å². The molecule has 0 saturated carbocycles. The molecule has 1 amide bonds. The smallest absolute Gasteiger partial charge is 0.257 e. The minimum Gasteiger partial charge on any atom is -0.326 e. The van der Waals surface area contributed by atoms with Crippen LogP contribution in [0.3, 0.4) is 0 Å². The standard InChI is InChI=1S/C15H14ClN3O2S/c1-9-6-17-15-19(14(9)21)7-10(8-22-15)13(20)18-12-4-2-3-11(16)5-12/h2-6,10H,7-8H2,1H3,(H,18,20). The zero-order valence-electron chi connectivity index (χ0n) is 11.9. The lowest BCUT2D eigenvalue weighted by Crippen LogP contribution is -2.37. The van der Waals surface area contributed by atoms with Gasteiger partial charge in [0.15, 0.2) is 5.16 Å². The van der Waals surface area contributed by atoms with E-state index < -0.39 is 0 Å². The Morgan fingerprint density at radius 1 is 1.50 bits per heavy atom. The summed E-state index contributed by atoms with van der Waals surface area (Å²) in [5.41, 5.74) is 1.15. The van der Waals surface area contributed by atoms with Gasteiger partial charge in [0.25, 0.3) is 5.56 Å². The van der Waals surface area contributed by atoms with Gasteiger partial charge in [-0.15, -0.1) is 0 Å². The van der Waals surface area contributed by atoms with Crippen LogP contribution in [0.5, 0.6) is 0 Å². The van der Waals surface area contributed by atoms with Crippen LogP contribution in [0.15, 0.2) is 40.4 Å². The Labute approximate surface area is 136 Å². The molecule has 2 aromatic rings. The van der Waals surface area contributed by atoms with Gasteiger partial charge in [-0.2, -0.15) is 0 Å². The van der Waals surface area contributed by atoms with E-state index >= 15 is 0 Å². The molecule has 5 nitrogen and oxygen atoms in total. The number of nitrogens with one attached hydrogen (secondary N) is 1. The number of benzene rings is 1. The van der Waals surface area contributed by atoms with Crippen molar-refractivity contribution in [3.8, 4) is 0 Å². The molecule has 1 aromatic carbocycles. The van der Waals surface area contributed by atoms with Crippen molar-refractivity contribution >= 4 is 35.0 Å². The molecule has 0 saturated heterocycles. The first-order valence-electron chi connectivity index (χ1n) is 6.80. The maximum Gasteiger partial charge on any atom is 0.257 e. The summed E-state index contributed by atoms with van der Waals surface area (Å²) in [6, 6.07) is 7.01. The van der Waals surface area contributed by atoms with E-state index in [0.29, 0.717) is 33.7 Å². The minimum atomic E-state index is -0.280. The second-order valence-electron chi connectivity index (χ2n) is 5.15. The monoisotopic (exact) mass is 335 g/mol. The molecular formula is C15H14ClN3O2S. The van der Waals surface area contributed by atoms with Gasteiger partial charge in [-0.25, -0.2) is 4.98 Å². The van der Waals surface area contributed by atoms with Crippen LogP contribution in [-0.2, 0) is 11.3 Å². The van der Waals surface area contributed by atoms with E-state index in [-0.39, 0.29) is 17.4 Å². The van der Waals surface area contributed by atoms with E-state index in [1.54, 1.807) is 42.0 Å². The maximum atomic E-state index is 12.4. The molecule has 0 fully saturated rings. The first-order valence-corrected chi connectivity index (χ1v) is 8.16. The van der Waals surface area contributed by atoms with Gasteiger partial charge in [0.05, 0.1) is 5.92 Å². The number of aromatic nitrogens is 2. The summed E-state index contributed by atoms with van der Waals surface area (Å²) >= 11 is 7.34.